The molecule has 0 bridgehead atoms. The number of hydrogen-bond acceptors (Lipinski definition) is 5. The Kier molecular flexibility index (Phi) is 4.57. The van der Waals surface area contributed by atoms with Crippen molar-refractivity contribution in [1.29, 1.82) is 5.41 Å². The van der Waals surface area contributed by atoms with E-state index in [1.165, 1.54) is 18.3 Å². The summed E-state index contributed by atoms with van der Waals surface area (Å²) in [6.45, 7) is 1.71. The third kappa shape index (κ3) is 3.34. The standard InChI is InChI=1S/C18H14F3N5/c1-9-8-24-18(10-2-3-12(19)13(20)4-10)26-17(9)25-16-5-11(7-22)15(23)6-14(16)21/h2-8,22H,23H2,1H3,(H,24,25,26). The fraction of sp³-hybridized carbons (Fsp3) is 0.0556. The summed E-state index contributed by atoms with van der Waals surface area (Å²) in [5.41, 5.74) is 7.11. The van der Waals surface area contributed by atoms with E-state index in [1.807, 2.05) is 0 Å². The van der Waals surface area contributed by atoms with E-state index in [0.717, 1.165) is 24.4 Å². The van der Waals surface area contributed by atoms with Crippen LogP contribution in [0, 0.1) is 29.8 Å². The maximum Gasteiger partial charge on any atom is 0.161 e. The van der Waals surface area contributed by atoms with Gasteiger partial charge in [0.25, 0.3) is 0 Å². The van der Waals surface area contributed by atoms with Gasteiger partial charge in [-0.2, -0.15) is 0 Å². The molecule has 0 aliphatic rings. The molecule has 132 valence electrons. The van der Waals surface area contributed by atoms with E-state index in [2.05, 4.69) is 15.3 Å². The highest BCUT2D eigenvalue weighted by atomic mass is 19.2. The van der Waals surface area contributed by atoms with Gasteiger partial charge < -0.3 is 16.5 Å². The molecule has 4 N–H and O–H groups in total. The van der Waals surface area contributed by atoms with E-state index < -0.39 is 17.5 Å². The summed E-state index contributed by atoms with van der Waals surface area (Å²) in [4.78, 5) is 8.36. The van der Waals surface area contributed by atoms with Gasteiger partial charge in [0.1, 0.15) is 11.6 Å². The van der Waals surface area contributed by atoms with E-state index >= 15 is 0 Å². The Morgan fingerprint density at radius 1 is 1.08 bits per heavy atom. The highest BCUT2D eigenvalue weighted by molar-refractivity contribution is 5.87. The van der Waals surface area contributed by atoms with E-state index in [0.29, 0.717) is 16.9 Å². The van der Waals surface area contributed by atoms with Crippen LogP contribution in [0.4, 0.5) is 30.4 Å². The molecular formula is C18H14F3N5. The van der Waals surface area contributed by atoms with Crippen molar-refractivity contribution < 1.29 is 13.2 Å². The quantitative estimate of drug-likeness (QED) is 0.482. The summed E-state index contributed by atoms with van der Waals surface area (Å²) in [5.74, 6) is -2.15. The molecule has 5 nitrogen and oxygen atoms in total. The Hall–Kier alpha value is -3.42. The number of benzene rings is 2. The van der Waals surface area contributed by atoms with Crippen molar-refractivity contribution in [3.05, 3.63) is 65.1 Å². The predicted molar refractivity (Wildman–Crippen MR) is 94.1 cm³/mol. The lowest BCUT2D eigenvalue weighted by Gasteiger charge is -2.12. The maximum absolute atomic E-state index is 14.2. The first kappa shape index (κ1) is 17.4. The molecule has 0 radical (unpaired) electrons. The summed E-state index contributed by atoms with van der Waals surface area (Å²) >= 11 is 0. The molecule has 26 heavy (non-hydrogen) atoms. The molecule has 0 aliphatic carbocycles. The second-order valence-electron chi connectivity index (χ2n) is 5.58. The van der Waals surface area contributed by atoms with Gasteiger partial charge in [-0.15, -0.1) is 0 Å². The third-order valence-corrected chi connectivity index (χ3v) is 3.73. The highest BCUT2D eigenvalue weighted by Crippen LogP contribution is 2.27. The first-order valence-corrected chi connectivity index (χ1v) is 7.54. The first-order valence-electron chi connectivity index (χ1n) is 7.54. The summed E-state index contributed by atoms with van der Waals surface area (Å²) in [6, 6.07) is 5.81. The van der Waals surface area contributed by atoms with Crippen LogP contribution in [0.25, 0.3) is 11.4 Å². The van der Waals surface area contributed by atoms with Crippen LogP contribution in [0.2, 0.25) is 0 Å². The van der Waals surface area contributed by atoms with Crippen LogP contribution in [0.1, 0.15) is 11.1 Å². The second-order valence-corrected chi connectivity index (χ2v) is 5.58. The fourth-order valence-corrected chi connectivity index (χ4v) is 2.30. The molecule has 0 fully saturated rings. The Morgan fingerprint density at radius 3 is 2.54 bits per heavy atom. The SMILES string of the molecule is Cc1cnc(-c2ccc(F)c(F)c2)nc1Nc1cc(C=N)c(N)cc1F. The Morgan fingerprint density at radius 2 is 1.85 bits per heavy atom. The molecule has 0 amide bonds. The van der Waals surface area contributed by atoms with Crippen LogP contribution in [-0.4, -0.2) is 16.2 Å². The van der Waals surface area contributed by atoms with Crippen molar-refractivity contribution in [3.63, 3.8) is 0 Å². The number of nitrogens with zero attached hydrogens (tertiary/aromatic N) is 2. The minimum Gasteiger partial charge on any atom is -0.398 e. The second kappa shape index (κ2) is 6.83. The van der Waals surface area contributed by atoms with Crippen molar-refractivity contribution in [2.24, 2.45) is 0 Å². The number of halogens is 3. The van der Waals surface area contributed by atoms with Crippen LogP contribution in [-0.2, 0) is 0 Å². The number of anilines is 3. The van der Waals surface area contributed by atoms with Gasteiger partial charge in [0.15, 0.2) is 17.5 Å². The van der Waals surface area contributed by atoms with Crippen molar-refractivity contribution in [1.82, 2.24) is 9.97 Å². The summed E-state index contributed by atoms with van der Waals surface area (Å²) in [7, 11) is 0. The number of nitrogen functional groups attached to an aromatic ring is 1. The maximum atomic E-state index is 14.2. The number of aromatic nitrogens is 2. The van der Waals surface area contributed by atoms with Crippen LogP contribution >= 0.6 is 0 Å². The number of nitrogens with one attached hydrogen (secondary N) is 2. The average Bonchev–Trinajstić information content (AvgIpc) is 2.61. The number of hydrogen-bond donors (Lipinski definition) is 3. The van der Waals surface area contributed by atoms with Crippen LogP contribution in [0.3, 0.4) is 0 Å². The van der Waals surface area contributed by atoms with E-state index in [9.17, 15) is 13.2 Å². The van der Waals surface area contributed by atoms with Gasteiger partial charge in [-0.1, -0.05) is 0 Å². The predicted octanol–water partition coefficient (Wildman–Crippen LogP) is 4.19. The molecule has 0 spiro atoms. The molecular weight excluding hydrogens is 343 g/mol. The zero-order valence-electron chi connectivity index (χ0n) is 13.6. The normalized spacial score (nSPS) is 10.6. The molecule has 8 heteroatoms. The first-order chi connectivity index (χ1) is 12.4. The molecule has 0 unspecified atom stereocenters. The van der Waals surface area contributed by atoms with Crippen LogP contribution < -0.4 is 11.1 Å². The van der Waals surface area contributed by atoms with Gasteiger partial charge in [0.2, 0.25) is 0 Å². The van der Waals surface area contributed by atoms with Crippen LogP contribution in [0.15, 0.2) is 36.5 Å². The Balaban J connectivity index is 2.01. The average molecular weight is 357 g/mol. The van der Waals surface area contributed by atoms with Gasteiger partial charge >= 0.3 is 0 Å². The summed E-state index contributed by atoms with van der Waals surface area (Å²) < 4.78 is 40.7. The number of rotatable bonds is 4. The molecule has 0 atom stereocenters. The van der Waals surface area contributed by atoms with Crippen molar-refractivity contribution >= 4 is 23.4 Å². The largest absolute Gasteiger partial charge is 0.398 e. The molecule has 1 aromatic heterocycles. The number of nitrogens with two attached hydrogens (primary N) is 1. The van der Waals surface area contributed by atoms with E-state index in [4.69, 9.17) is 11.1 Å². The van der Waals surface area contributed by atoms with Gasteiger partial charge in [-0.25, -0.2) is 23.1 Å². The molecule has 0 saturated heterocycles. The molecule has 0 aliphatic heterocycles. The molecule has 0 saturated carbocycles. The fourth-order valence-electron chi connectivity index (χ4n) is 2.30. The molecule has 1 heterocycles. The third-order valence-electron chi connectivity index (χ3n) is 3.73. The number of aryl methyl sites for hydroxylation is 1. The lowest BCUT2D eigenvalue weighted by molar-refractivity contribution is 0.509. The summed E-state index contributed by atoms with van der Waals surface area (Å²) in [5, 5.41) is 10.1. The highest BCUT2D eigenvalue weighted by Gasteiger charge is 2.12. The monoisotopic (exact) mass is 357 g/mol. The molecule has 3 rings (SSSR count). The van der Waals surface area contributed by atoms with Crippen molar-refractivity contribution in [2.45, 2.75) is 6.92 Å². The zero-order chi connectivity index (χ0) is 18.8. The van der Waals surface area contributed by atoms with Gasteiger partial charge in [0.05, 0.1) is 5.69 Å². The molecule has 3 aromatic rings. The van der Waals surface area contributed by atoms with Gasteiger partial charge in [-0.05, 0) is 37.3 Å². The minimum absolute atomic E-state index is 0.0794. The Labute approximate surface area is 147 Å². The van der Waals surface area contributed by atoms with Crippen molar-refractivity contribution in [3.8, 4) is 11.4 Å². The van der Waals surface area contributed by atoms with E-state index in [-0.39, 0.29) is 22.8 Å². The minimum atomic E-state index is -1.01. The lowest BCUT2D eigenvalue weighted by atomic mass is 10.1. The zero-order valence-corrected chi connectivity index (χ0v) is 13.6. The van der Waals surface area contributed by atoms with Gasteiger partial charge in [0, 0.05) is 34.8 Å². The summed E-state index contributed by atoms with van der Waals surface area (Å²) in [6.07, 6.45) is 2.50. The smallest absolute Gasteiger partial charge is 0.161 e. The Bertz CT molecular complexity index is 1000. The van der Waals surface area contributed by atoms with Crippen molar-refractivity contribution in [2.75, 3.05) is 11.1 Å². The topological polar surface area (TPSA) is 87.7 Å². The molecule has 2 aromatic carbocycles. The van der Waals surface area contributed by atoms with Crippen LogP contribution in [0.5, 0.6) is 0 Å². The lowest BCUT2D eigenvalue weighted by Crippen LogP contribution is -2.04. The van der Waals surface area contributed by atoms with Gasteiger partial charge in [-0.3, -0.25) is 0 Å². The van der Waals surface area contributed by atoms with E-state index in [1.54, 1.807) is 6.92 Å².